The lowest BCUT2D eigenvalue weighted by atomic mass is 9.97. The number of nitrogens with zero attached hydrogens (tertiary/aromatic N) is 9. The molecule has 0 bridgehead atoms. The summed E-state index contributed by atoms with van der Waals surface area (Å²) in [5, 5.41) is 0. The van der Waals surface area contributed by atoms with Crippen LogP contribution >= 0.6 is 0 Å². The van der Waals surface area contributed by atoms with Crippen molar-refractivity contribution in [2.24, 2.45) is 11.8 Å². The Hall–Kier alpha value is -3.18. The molecular weight excluding hydrogens is 618 g/mol. The van der Waals surface area contributed by atoms with Crippen LogP contribution in [-0.4, -0.2) is 126 Å². The molecule has 49 heavy (non-hydrogen) atoms. The van der Waals surface area contributed by atoms with Crippen LogP contribution < -0.4 is 14.7 Å². The highest BCUT2D eigenvalue weighted by molar-refractivity contribution is 5.77. The van der Waals surface area contributed by atoms with Crippen molar-refractivity contribution < 1.29 is 14.4 Å². The van der Waals surface area contributed by atoms with Gasteiger partial charge in [-0.25, -0.2) is 0 Å². The number of piperazine rings is 3. The molecule has 0 atom stereocenters. The van der Waals surface area contributed by atoms with Crippen LogP contribution in [0.25, 0.3) is 0 Å². The van der Waals surface area contributed by atoms with Crippen molar-refractivity contribution in [3.8, 4) is 0 Å². The second kappa shape index (κ2) is 19.9. The smallest absolute Gasteiger partial charge is 0.232 e. The van der Waals surface area contributed by atoms with E-state index in [1.165, 1.54) is 0 Å². The quantitative estimate of drug-likeness (QED) is 0.213. The zero-order valence-corrected chi connectivity index (χ0v) is 31.4. The van der Waals surface area contributed by atoms with Gasteiger partial charge < -0.3 is 29.4 Å². The summed E-state index contributed by atoms with van der Waals surface area (Å²) in [4.78, 5) is 66.3. The minimum absolute atomic E-state index is 0.241. The Bertz CT molecular complexity index is 1100. The third-order valence-corrected chi connectivity index (χ3v) is 11.2. The highest BCUT2D eigenvalue weighted by Crippen LogP contribution is 2.24. The van der Waals surface area contributed by atoms with Gasteiger partial charge in [-0.05, 0) is 31.1 Å². The van der Waals surface area contributed by atoms with Gasteiger partial charge in [0.1, 0.15) is 0 Å². The molecule has 3 fully saturated rings. The van der Waals surface area contributed by atoms with Crippen LogP contribution in [0, 0.1) is 11.8 Å². The number of hydrogen-bond donors (Lipinski definition) is 0. The number of anilines is 3. The Kier molecular flexibility index (Phi) is 15.7. The van der Waals surface area contributed by atoms with Crippen molar-refractivity contribution >= 4 is 35.6 Å². The summed E-state index contributed by atoms with van der Waals surface area (Å²) in [6.07, 6.45) is 11.4. The molecule has 12 heteroatoms. The van der Waals surface area contributed by atoms with Gasteiger partial charge in [0, 0.05) is 97.8 Å². The molecule has 4 rings (SSSR count). The number of rotatable bonds is 17. The van der Waals surface area contributed by atoms with E-state index in [0.717, 1.165) is 57.8 Å². The molecular formula is C37H65N9O3. The van der Waals surface area contributed by atoms with Crippen LogP contribution in [0.4, 0.5) is 17.8 Å². The normalized spacial score (nSPS) is 17.4. The van der Waals surface area contributed by atoms with E-state index in [2.05, 4.69) is 49.3 Å². The summed E-state index contributed by atoms with van der Waals surface area (Å²) in [5.74, 6) is 3.90. The van der Waals surface area contributed by atoms with E-state index in [1.807, 2.05) is 14.7 Å². The van der Waals surface area contributed by atoms with Crippen molar-refractivity contribution in [2.45, 2.75) is 112 Å². The summed E-state index contributed by atoms with van der Waals surface area (Å²) in [5.41, 5.74) is 0. The van der Waals surface area contributed by atoms with E-state index < -0.39 is 0 Å². The van der Waals surface area contributed by atoms with Crippen molar-refractivity contribution in [3.63, 3.8) is 0 Å². The summed E-state index contributed by atoms with van der Waals surface area (Å²) in [6, 6.07) is 0. The van der Waals surface area contributed by atoms with E-state index >= 15 is 0 Å². The van der Waals surface area contributed by atoms with Crippen molar-refractivity contribution in [2.75, 3.05) is 93.2 Å². The van der Waals surface area contributed by atoms with Gasteiger partial charge in [0.05, 0.1) is 0 Å². The SMILES string of the molecule is CCCCCC(=O)N1CCN(c2nc(N3CCN(C(=O)CCC(CC)CC)CC3)nc(N3CCN(C(=O)CCC(CC)CC)CC3)n2)CC1. The highest BCUT2D eigenvalue weighted by Gasteiger charge is 2.29. The maximum absolute atomic E-state index is 13.0. The lowest BCUT2D eigenvalue weighted by Gasteiger charge is -2.38. The molecule has 1 aromatic rings. The maximum atomic E-state index is 13.0. The second-order valence-corrected chi connectivity index (χ2v) is 14.2. The molecule has 3 amide bonds. The summed E-state index contributed by atoms with van der Waals surface area (Å²) in [6.45, 7) is 19.0. The van der Waals surface area contributed by atoms with E-state index in [1.54, 1.807) is 0 Å². The Morgan fingerprint density at radius 2 is 0.776 bits per heavy atom. The van der Waals surface area contributed by atoms with Crippen LogP contribution in [0.15, 0.2) is 0 Å². The van der Waals surface area contributed by atoms with Gasteiger partial charge in [0.25, 0.3) is 0 Å². The zero-order chi connectivity index (χ0) is 35.2. The van der Waals surface area contributed by atoms with Crippen LogP contribution in [0.2, 0.25) is 0 Å². The fourth-order valence-electron chi connectivity index (χ4n) is 7.28. The first kappa shape index (κ1) is 38.6. The zero-order valence-electron chi connectivity index (χ0n) is 31.4. The van der Waals surface area contributed by atoms with E-state index in [4.69, 9.17) is 15.0 Å². The predicted molar refractivity (Wildman–Crippen MR) is 197 cm³/mol. The molecule has 1 aromatic heterocycles. The Morgan fingerprint density at radius 1 is 0.469 bits per heavy atom. The summed E-state index contributed by atoms with van der Waals surface area (Å²) >= 11 is 0. The molecule has 3 saturated heterocycles. The number of hydrogen-bond acceptors (Lipinski definition) is 9. The molecule has 0 aliphatic carbocycles. The standard InChI is InChI=1S/C37H65N9O3/c1-6-11-12-13-32(47)41-18-24-44(25-19-41)35-38-36(45-26-20-42(21-27-45)33(48)16-14-30(7-2)8-3)40-37(39-35)46-28-22-43(23-29-46)34(49)17-15-31(9-4)10-5/h30-31H,6-29H2,1-5H3. The van der Waals surface area contributed by atoms with Crippen molar-refractivity contribution in [1.82, 2.24) is 29.7 Å². The van der Waals surface area contributed by atoms with Crippen molar-refractivity contribution in [1.29, 1.82) is 0 Å². The molecule has 0 N–H and O–H groups in total. The minimum Gasteiger partial charge on any atom is -0.339 e. The molecule has 12 nitrogen and oxygen atoms in total. The molecule has 0 radical (unpaired) electrons. The largest absolute Gasteiger partial charge is 0.339 e. The first-order chi connectivity index (χ1) is 23.8. The van der Waals surface area contributed by atoms with Crippen molar-refractivity contribution in [3.05, 3.63) is 0 Å². The topological polar surface area (TPSA) is 109 Å². The number of aromatic nitrogens is 3. The highest BCUT2D eigenvalue weighted by atomic mass is 16.2. The molecule has 276 valence electrons. The maximum Gasteiger partial charge on any atom is 0.232 e. The van der Waals surface area contributed by atoms with Gasteiger partial charge in [-0.2, -0.15) is 15.0 Å². The van der Waals surface area contributed by atoms with Crippen LogP contribution in [0.5, 0.6) is 0 Å². The number of unbranched alkanes of at least 4 members (excludes halogenated alkanes) is 2. The Balaban J connectivity index is 1.42. The summed E-state index contributed by atoms with van der Waals surface area (Å²) < 4.78 is 0. The first-order valence-corrected chi connectivity index (χ1v) is 19.6. The predicted octanol–water partition coefficient (Wildman–Crippen LogP) is 4.83. The van der Waals surface area contributed by atoms with E-state index in [-0.39, 0.29) is 17.7 Å². The molecule has 4 heterocycles. The Labute approximate surface area is 296 Å². The molecule has 0 saturated carbocycles. The van der Waals surface area contributed by atoms with Gasteiger partial charge >= 0.3 is 0 Å². The van der Waals surface area contributed by atoms with Crippen LogP contribution in [-0.2, 0) is 14.4 Å². The number of amides is 3. The Morgan fingerprint density at radius 3 is 1.06 bits per heavy atom. The fraction of sp³-hybridized carbons (Fsp3) is 0.838. The third kappa shape index (κ3) is 11.2. The first-order valence-electron chi connectivity index (χ1n) is 19.6. The number of carbonyl (C=O) groups is 3. The minimum atomic E-state index is 0.241. The van der Waals surface area contributed by atoms with Gasteiger partial charge in [0.15, 0.2) is 0 Å². The molecule has 3 aliphatic heterocycles. The fourth-order valence-corrected chi connectivity index (χ4v) is 7.28. The average molecular weight is 684 g/mol. The van der Waals surface area contributed by atoms with Gasteiger partial charge in [-0.1, -0.05) is 73.1 Å². The van der Waals surface area contributed by atoms with E-state index in [0.29, 0.717) is 127 Å². The lowest BCUT2D eigenvalue weighted by molar-refractivity contribution is -0.132. The molecule has 0 aromatic carbocycles. The van der Waals surface area contributed by atoms with Gasteiger partial charge in [0.2, 0.25) is 35.6 Å². The second-order valence-electron chi connectivity index (χ2n) is 14.2. The van der Waals surface area contributed by atoms with Gasteiger partial charge in [-0.3, -0.25) is 14.4 Å². The molecule has 0 unspecified atom stereocenters. The van der Waals surface area contributed by atoms with E-state index in [9.17, 15) is 14.4 Å². The summed E-state index contributed by atoms with van der Waals surface area (Å²) in [7, 11) is 0. The monoisotopic (exact) mass is 684 g/mol. The average Bonchev–Trinajstić information content (AvgIpc) is 3.15. The molecule has 0 spiro atoms. The lowest BCUT2D eigenvalue weighted by Crippen LogP contribution is -2.51. The van der Waals surface area contributed by atoms with Crippen LogP contribution in [0.1, 0.15) is 112 Å². The number of carbonyl (C=O) groups excluding carboxylic acids is 3. The van der Waals surface area contributed by atoms with Crippen LogP contribution in [0.3, 0.4) is 0 Å². The van der Waals surface area contributed by atoms with Gasteiger partial charge in [-0.15, -0.1) is 0 Å². The molecule has 3 aliphatic rings. The third-order valence-electron chi connectivity index (χ3n) is 11.2.